The number of hydrogen-bond acceptors (Lipinski definition) is 26. The number of nitrogens with zero attached hydrogens (tertiary/aromatic N) is 2. The number of rotatable bonds is 48. The molecule has 0 aliphatic carbocycles. The number of carboxylic acid groups (broad SMARTS) is 2. The monoisotopic (exact) mass is 1590 g/mol. The highest BCUT2D eigenvalue weighted by molar-refractivity contribution is 6.14. The quantitative estimate of drug-likeness (QED) is 0.0131. The first kappa shape index (κ1) is 94.1. The Labute approximate surface area is 647 Å². The SMILES string of the molecule is C[C@@H](C[C@@H](N)Cc1ccc2c(c1)NC(=O)CCCNC(=O)[C@@H](CCCCNC(=O)CCOCCOCCOCCC(=O)NCCOCCOCCC(=O)NCCOCCOCCC(=O)O)NC(=O)CCCNC(=O)[C@H](NC(=O)CCN1C(=O)C=CC1=O)[C@H](NC(=O)CCN1C(=O)C=CC1=O)C(=O)NCCCC(=O)O2)C(=O)O. The summed E-state index contributed by atoms with van der Waals surface area (Å²) < 4.78 is 43.4. The number of nitrogens with two attached hydrogens (primary N) is 1. The van der Waals surface area contributed by atoms with Gasteiger partial charge >= 0.3 is 17.9 Å². The fraction of sp³-hybridized carbons (Fsp3) is 0.625. The number of carbonyl (C=O) groups is 17. The number of hydrogen-bond donors (Lipinski definition) is 13. The zero-order valence-corrected chi connectivity index (χ0v) is 63.1. The number of unbranched alkanes of at least 4 members (excludes halogenated alkanes) is 1. The molecule has 112 heavy (non-hydrogen) atoms. The topological polar surface area (TPSA) is 557 Å². The third kappa shape index (κ3) is 41.2. The van der Waals surface area contributed by atoms with Gasteiger partial charge in [0.1, 0.15) is 18.1 Å². The van der Waals surface area contributed by atoms with Crippen LogP contribution in [0.15, 0.2) is 42.5 Å². The van der Waals surface area contributed by atoms with E-state index < -0.39 is 139 Å². The van der Waals surface area contributed by atoms with Gasteiger partial charge in [-0.1, -0.05) is 13.0 Å². The highest BCUT2D eigenvalue weighted by Crippen LogP contribution is 2.28. The first-order valence-corrected chi connectivity index (χ1v) is 37.3. The van der Waals surface area contributed by atoms with E-state index in [1.807, 2.05) is 0 Å². The molecule has 4 rings (SSSR count). The molecule has 1 aromatic carbocycles. The smallest absolute Gasteiger partial charge is 0.311 e. The molecule has 0 radical (unpaired) electrons. The van der Waals surface area contributed by atoms with Crippen molar-refractivity contribution in [3.63, 3.8) is 0 Å². The molecule has 14 amide bonds. The Balaban J connectivity index is 1.27. The summed E-state index contributed by atoms with van der Waals surface area (Å²) in [5.41, 5.74) is 6.89. The lowest BCUT2D eigenvalue weighted by atomic mass is 9.96. The van der Waals surface area contributed by atoms with E-state index in [-0.39, 0.29) is 238 Å². The number of fused-ring (bicyclic) bond motifs is 1. The molecule has 0 spiro atoms. The van der Waals surface area contributed by atoms with E-state index >= 15 is 0 Å². The molecule has 5 atom stereocenters. The Bertz CT molecular complexity index is 3340. The van der Waals surface area contributed by atoms with Crippen LogP contribution in [-0.2, 0) is 121 Å². The van der Waals surface area contributed by atoms with Crippen LogP contribution in [0.25, 0.3) is 0 Å². The number of aliphatic carboxylic acids is 2. The third-order valence-electron chi connectivity index (χ3n) is 16.6. The molecule has 0 fully saturated rings. The average molecular weight is 1590 g/mol. The van der Waals surface area contributed by atoms with Crippen molar-refractivity contribution in [2.75, 3.05) is 150 Å². The Hall–Kier alpha value is -10.2. The van der Waals surface area contributed by atoms with E-state index in [1.165, 1.54) is 19.1 Å². The van der Waals surface area contributed by atoms with Gasteiger partial charge in [-0.15, -0.1) is 0 Å². The highest BCUT2D eigenvalue weighted by Gasteiger charge is 2.38. The normalized spacial score (nSPS) is 17.6. The molecule has 0 saturated carbocycles. The van der Waals surface area contributed by atoms with Crippen molar-refractivity contribution in [1.29, 1.82) is 0 Å². The molecule has 0 bridgehead atoms. The van der Waals surface area contributed by atoms with E-state index in [4.69, 9.17) is 48.7 Å². The number of anilines is 1. The summed E-state index contributed by atoms with van der Waals surface area (Å²) in [6.45, 7) is 3.72. The average Bonchev–Trinajstić information content (AvgIpc) is 1.06. The Morgan fingerprint density at radius 3 is 1.39 bits per heavy atom. The van der Waals surface area contributed by atoms with Gasteiger partial charge in [-0.25, -0.2) is 0 Å². The Morgan fingerprint density at radius 2 is 0.929 bits per heavy atom. The molecule has 0 unspecified atom stereocenters. The van der Waals surface area contributed by atoms with Crippen molar-refractivity contribution in [2.24, 2.45) is 11.7 Å². The van der Waals surface area contributed by atoms with Gasteiger partial charge in [-0.2, -0.15) is 0 Å². The van der Waals surface area contributed by atoms with Gasteiger partial charge in [0, 0.05) is 134 Å². The van der Waals surface area contributed by atoms with Crippen molar-refractivity contribution in [2.45, 2.75) is 140 Å². The van der Waals surface area contributed by atoms with Crippen LogP contribution in [0.5, 0.6) is 5.75 Å². The minimum Gasteiger partial charge on any atom is -0.481 e. The van der Waals surface area contributed by atoms with Gasteiger partial charge in [-0.05, 0) is 69.1 Å². The molecule has 1 aromatic rings. The summed E-state index contributed by atoms with van der Waals surface area (Å²) in [7, 11) is 0. The van der Waals surface area contributed by atoms with Crippen LogP contribution in [0, 0.1) is 5.92 Å². The summed E-state index contributed by atoms with van der Waals surface area (Å²) in [5, 5.41) is 44.2. The van der Waals surface area contributed by atoms with E-state index in [2.05, 4.69) is 53.2 Å². The molecule has 3 aliphatic heterocycles. The van der Waals surface area contributed by atoms with Crippen LogP contribution in [0.4, 0.5) is 5.69 Å². The van der Waals surface area contributed by atoms with Crippen molar-refractivity contribution < 1.29 is 130 Å². The van der Waals surface area contributed by atoms with Gasteiger partial charge in [0.25, 0.3) is 23.6 Å². The molecule has 3 heterocycles. The summed E-state index contributed by atoms with van der Waals surface area (Å²) in [5.74, 6) is -13.3. The first-order chi connectivity index (χ1) is 53.8. The molecule has 0 aromatic heterocycles. The minimum atomic E-state index is -1.98. The molecular formula is C72H107N13O27. The fourth-order valence-corrected chi connectivity index (χ4v) is 10.6. The second-order valence-corrected chi connectivity index (χ2v) is 25.7. The van der Waals surface area contributed by atoms with Crippen molar-refractivity contribution >= 4 is 106 Å². The highest BCUT2D eigenvalue weighted by atomic mass is 16.6. The lowest BCUT2D eigenvalue weighted by Gasteiger charge is -2.28. The molecule has 40 heteroatoms. The van der Waals surface area contributed by atoms with Crippen LogP contribution in [0.1, 0.15) is 115 Å². The Morgan fingerprint density at radius 1 is 0.509 bits per heavy atom. The number of carbonyl (C=O) groups excluding carboxylic acids is 15. The number of amides is 14. The van der Waals surface area contributed by atoms with E-state index in [0.29, 0.717) is 24.9 Å². The van der Waals surface area contributed by atoms with E-state index in [0.717, 1.165) is 34.1 Å². The summed E-state index contributed by atoms with van der Waals surface area (Å²) in [6, 6.07) is -1.26. The lowest BCUT2D eigenvalue weighted by molar-refractivity contribution is -0.142. The van der Waals surface area contributed by atoms with Crippen LogP contribution in [0.3, 0.4) is 0 Å². The van der Waals surface area contributed by atoms with Crippen molar-refractivity contribution in [3.05, 3.63) is 48.1 Å². The van der Waals surface area contributed by atoms with E-state index in [9.17, 15) is 86.6 Å². The predicted octanol–water partition coefficient (Wildman–Crippen LogP) is -3.42. The zero-order chi connectivity index (χ0) is 81.8. The maximum Gasteiger partial charge on any atom is 0.311 e. The molecule has 3 aliphatic rings. The number of carboxylic acids is 2. The summed E-state index contributed by atoms with van der Waals surface area (Å²) in [4.78, 5) is 220. The standard InChI is InChI=1S/C72H107N13O27/c1-48(72(103)104)45-50(73)46-49-11-12-53-52(47-49)81-58(90)9-4-24-77-69(100)51(7-2-3-23-74-54(86)19-31-106-39-43-111-44-40-107-33-21-56(88)75-27-35-109-41-37-105-32-20-55(87)76-28-36-110-42-38-108-34-22-65(97)98)80-57(89)8-5-25-78-70(101)67(82-59(91)17-29-84-61(93)13-14-62(84)94)68(71(102)79-26-6-10-66(99)112-53)83-60(92)18-30-85-63(95)15-16-64(85)96/h11-16,47-48,50-51,67-68H,2-10,17-46,73H2,1H3,(H,74,86)(H,75,88)(H,76,87)(H,77,100)(H,78,101)(H,79,102)(H,80,89)(H,81,90)(H,82,91)(H,83,92)(H,97,98)(H,103,104)/t48-,50+,51+,67+,68-/m0/s1. The number of esters is 1. The van der Waals surface area contributed by atoms with Crippen LogP contribution >= 0.6 is 0 Å². The van der Waals surface area contributed by atoms with Crippen LogP contribution in [-0.4, -0.2) is 290 Å². The van der Waals surface area contributed by atoms with E-state index in [1.54, 1.807) is 6.07 Å². The molecule has 622 valence electrons. The number of benzene rings is 1. The summed E-state index contributed by atoms with van der Waals surface area (Å²) >= 11 is 0. The van der Waals surface area contributed by atoms with Crippen molar-refractivity contribution in [1.82, 2.24) is 57.7 Å². The molecule has 0 saturated heterocycles. The molecule has 40 nitrogen and oxygen atoms in total. The van der Waals surface area contributed by atoms with Gasteiger partial charge in [0.15, 0.2) is 5.75 Å². The lowest BCUT2D eigenvalue weighted by Crippen LogP contribution is -2.64. The Kier molecular flexibility index (Phi) is 46.4. The second kappa shape index (κ2) is 55.2. The third-order valence-corrected chi connectivity index (χ3v) is 16.6. The molecule has 14 N–H and O–H groups in total. The predicted molar refractivity (Wildman–Crippen MR) is 392 cm³/mol. The number of nitrogens with one attached hydrogen (secondary N) is 10. The zero-order valence-electron chi connectivity index (χ0n) is 63.1. The van der Waals surface area contributed by atoms with Gasteiger partial charge < -0.3 is 107 Å². The summed E-state index contributed by atoms with van der Waals surface area (Å²) in [6.07, 6.45) is 3.02. The molecular weight excluding hydrogens is 1480 g/mol. The minimum absolute atomic E-state index is 0.0213. The van der Waals surface area contributed by atoms with Gasteiger partial charge in [0.05, 0.1) is 111 Å². The number of imide groups is 2. The van der Waals surface area contributed by atoms with Crippen molar-refractivity contribution in [3.8, 4) is 5.75 Å². The fourth-order valence-electron chi connectivity index (χ4n) is 10.6. The second-order valence-electron chi connectivity index (χ2n) is 25.7. The largest absolute Gasteiger partial charge is 0.481 e. The maximum atomic E-state index is 14.3. The van der Waals surface area contributed by atoms with Gasteiger partial charge in [-0.3, -0.25) is 91.3 Å². The number of ether oxygens (including phenoxy) is 8. The van der Waals surface area contributed by atoms with Crippen LogP contribution in [0.2, 0.25) is 0 Å². The first-order valence-electron chi connectivity index (χ1n) is 37.3. The van der Waals surface area contributed by atoms with Crippen LogP contribution < -0.4 is 63.6 Å². The van der Waals surface area contributed by atoms with Gasteiger partial charge in [0.2, 0.25) is 59.1 Å². The maximum absolute atomic E-state index is 14.3.